The summed E-state index contributed by atoms with van der Waals surface area (Å²) in [7, 11) is 1.30. The Labute approximate surface area is 85.3 Å². The second-order valence-corrected chi connectivity index (χ2v) is 3.26. The van der Waals surface area contributed by atoms with E-state index < -0.39 is 5.91 Å². The Morgan fingerprint density at radius 2 is 2.14 bits per heavy atom. The van der Waals surface area contributed by atoms with E-state index in [4.69, 9.17) is 0 Å². The van der Waals surface area contributed by atoms with Crippen LogP contribution in [0.2, 0.25) is 0 Å². The zero-order chi connectivity index (χ0) is 10.6. The van der Waals surface area contributed by atoms with Gasteiger partial charge in [-0.1, -0.05) is 18.2 Å². The Kier molecular flexibility index (Phi) is 3.64. The van der Waals surface area contributed by atoms with Gasteiger partial charge in [-0.3, -0.25) is 13.9 Å². The van der Waals surface area contributed by atoms with Crippen LogP contribution in [0.3, 0.4) is 0 Å². The minimum absolute atomic E-state index is 0.185. The summed E-state index contributed by atoms with van der Waals surface area (Å²) in [6.45, 7) is 0. The van der Waals surface area contributed by atoms with Crippen molar-refractivity contribution in [2.24, 2.45) is 0 Å². The molecule has 1 rings (SSSR count). The maximum Gasteiger partial charge on any atom is 0.266 e. The van der Waals surface area contributed by atoms with Gasteiger partial charge in [-0.25, -0.2) is 0 Å². The van der Waals surface area contributed by atoms with Crippen molar-refractivity contribution in [1.29, 1.82) is 0 Å². The monoisotopic (exact) mass is 213 g/mol. The van der Waals surface area contributed by atoms with Crippen LogP contribution in [0.25, 0.3) is 0 Å². The van der Waals surface area contributed by atoms with Crippen molar-refractivity contribution in [2.45, 2.75) is 0 Å². The lowest BCUT2D eigenvalue weighted by Crippen LogP contribution is -2.19. The number of nitrogens with zero attached hydrogens (tertiary/aromatic N) is 1. The van der Waals surface area contributed by atoms with E-state index in [1.165, 1.54) is 19.2 Å². The lowest BCUT2D eigenvalue weighted by atomic mass is 10.1. The van der Waals surface area contributed by atoms with E-state index in [1.807, 2.05) is 0 Å². The number of carbonyl (C=O) groups is 2. The van der Waals surface area contributed by atoms with Gasteiger partial charge < -0.3 is 0 Å². The van der Waals surface area contributed by atoms with Gasteiger partial charge >= 0.3 is 0 Å². The van der Waals surface area contributed by atoms with Crippen LogP contribution in [-0.2, 0) is 0 Å². The van der Waals surface area contributed by atoms with Crippen molar-refractivity contribution in [3.63, 3.8) is 0 Å². The first-order chi connectivity index (χ1) is 6.70. The summed E-state index contributed by atoms with van der Waals surface area (Å²) in [5, 5.41) is 0. The van der Waals surface area contributed by atoms with Gasteiger partial charge in [0.25, 0.3) is 5.91 Å². The van der Waals surface area contributed by atoms with Gasteiger partial charge in [0.1, 0.15) is 0 Å². The van der Waals surface area contributed by atoms with Crippen LogP contribution in [0.15, 0.2) is 24.3 Å². The zero-order valence-electron chi connectivity index (χ0n) is 7.44. The lowest BCUT2D eigenvalue weighted by Gasteiger charge is -2.10. The van der Waals surface area contributed by atoms with E-state index in [0.29, 0.717) is 6.29 Å². The number of halogens is 1. The molecule has 0 aliphatic heterocycles. The van der Waals surface area contributed by atoms with E-state index in [1.54, 1.807) is 12.1 Å². The SMILES string of the molecule is CN(SF)C(=O)c1ccccc1C=O. The van der Waals surface area contributed by atoms with Gasteiger partial charge in [-0.2, -0.15) is 0 Å². The maximum absolute atomic E-state index is 12.1. The van der Waals surface area contributed by atoms with Crippen molar-refractivity contribution in [1.82, 2.24) is 4.31 Å². The molecule has 0 aliphatic rings. The topological polar surface area (TPSA) is 37.4 Å². The predicted octanol–water partition coefficient (Wildman–Crippen LogP) is 2.10. The van der Waals surface area contributed by atoms with Gasteiger partial charge in [0.2, 0.25) is 0 Å². The summed E-state index contributed by atoms with van der Waals surface area (Å²) < 4.78 is 12.9. The Morgan fingerprint density at radius 3 is 2.71 bits per heavy atom. The third kappa shape index (κ3) is 2.11. The molecule has 3 nitrogen and oxygen atoms in total. The van der Waals surface area contributed by atoms with Crippen LogP contribution in [-0.4, -0.2) is 23.5 Å². The Balaban J connectivity index is 3.05. The fourth-order valence-corrected chi connectivity index (χ4v) is 1.16. The van der Waals surface area contributed by atoms with E-state index >= 15 is 0 Å². The Bertz CT molecular complexity index is 356. The standard InChI is InChI=1S/C9H8FNO2S/c1-11(14-10)9(13)8-5-3-2-4-7(8)6-12/h2-6H,1H3. The molecule has 0 atom stereocenters. The number of hydrogen-bond donors (Lipinski definition) is 0. The first kappa shape index (κ1) is 10.7. The number of hydrogen-bond acceptors (Lipinski definition) is 3. The van der Waals surface area contributed by atoms with Gasteiger partial charge in [-0.05, 0) is 6.07 Å². The van der Waals surface area contributed by atoms with Crippen molar-refractivity contribution < 1.29 is 13.5 Å². The molecule has 1 amide bonds. The molecule has 0 radical (unpaired) electrons. The van der Waals surface area contributed by atoms with Crippen molar-refractivity contribution in [3.8, 4) is 0 Å². The molecule has 0 bridgehead atoms. The van der Waals surface area contributed by atoms with Gasteiger partial charge in [0.05, 0.1) is 5.56 Å². The smallest absolute Gasteiger partial charge is 0.266 e. The summed E-state index contributed by atoms with van der Waals surface area (Å²) >= 11 is -0.185. The highest BCUT2D eigenvalue weighted by Gasteiger charge is 2.15. The third-order valence-electron chi connectivity index (χ3n) is 1.71. The van der Waals surface area contributed by atoms with E-state index in [9.17, 15) is 13.5 Å². The number of rotatable bonds is 3. The maximum atomic E-state index is 12.1. The van der Waals surface area contributed by atoms with E-state index in [2.05, 4.69) is 0 Å². The molecule has 0 N–H and O–H groups in total. The van der Waals surface area contributed by atoms with E-state index in [0.717, 1.165) is 4.31 Å². The molecule has 0 fully saturated rings. The number of benzene rings is 1. The van der Waals surface area contributed by atoms with Gasteiger partial charge in [0, 0.05) is 12.6 Å². The Morgan fingerprint density at radius 1 is 1.50 bits per heavy atom. The highest BCUT2D eigenvalue weighted by Crippen LogP contribution is 2.15. The van der Waals surface area contributed by atoms with Crippen LogP contribution in [0.4, 0.5) is 3.89 Å². The number of aldehydes is 1. The molecule has 0 aliphatic carbocycles. The average Bonchev–Trinajstić information content (AvgIpc) is 2.26. The molecule has 0 unspecified atom stereocenters. The molecule has 0 aromatic heterocycles. The lowest BCUT2D eigenvalue weighted by molar-refractivity contribution is 0.0885. The third-order valence-corrected chi connectivity index (χ3v) is 2.08. The molecule has 1 aromatic rings. The molecule has 0 heterocycles. The van der Waals surface area contributed by atoms with Crippen molar-refractivity contribution >= 4 is 24.5 Å². The quantitative estimate of drug-likeness (QED) is 0.570. The molecule has 0 spiro atoms. The van der Waals surface area contributed by atoms with Crippen LogP contribution in [0, 0.1) is 0 Å². The molecular formula is C9H8FNO2S. The predicted molar refractivity (Wildman–Crippen MR) is 52.6 cm³/mol. The molecule has 1 aromatic carbocycles. The molecular weight excluding hydrogens is 205 g/mol. The van der Waals surface area contributed by atoms with Crippen LogP contribution < -0.4 is 0 Å². The highest BCUT2D eigenvalue weighted by atomic mass is 32.2. The molecule has 74 valence electrons. The molecule has 5 heteroatoms. The molecule has 0 saturated heterocycles. The van der Waals surface area contributed by atoms with Crippen LogP contribution in [0.1, 0.15) is 20.7 Å². The number of amides is 1. The van der Waals surface area contributed by atoms with Crippen molar-refractivity contribution in [2.75, 3.05) is 7.05 Å². The summed E-state index contributed by atoms with van der Waals surface area (Å²) in [5.74, 6) is -0.528. The second-order valence-electron chi connectivity index (χ2n) is 2.58. The van der Waals surface area contributed by atoms with Crippen LogP contribution >= 0.6 is 12.3 Å². The second kappa shape index (κ2) is 4.76. The Hall–Kier alpha value is -1.36. The number of carbonyl (C=O) groups excluding carboxylic acids is 2. The van der Waals surface area contributed by atoms with Gasteiger partial charge in [0.15, 0.2) is 18.6 Å². The zero-order valence-corrected chi connectivity index (χ0v) is 8.25. The summed E-state index contributed by atoms with van der Waals surface area (Å²) in [6, 6.07) is 6.26. The van der Waals surface area contributed by atoms with Crippen LogP contribution in [0.5, 0.6) is 0 Å². The molecule has 0 saturated carbocycles. The van der Waals surface area contributed by atoms with Crippen molar-refractivity contribution in [3.05, 3.63) is 35.4 Å². The minimum atomic E-state index is -0.528. The normalized spacial score (nSPS) is 9.57. The summed E-state index contributed by atoms with van der Waals surface area (Å²) in [5.41, 5.74) is 0.466. The summed E-state index contributed by atoms with van der Waals surface area (Å²) in [4.78, 5) is 22.0. The molecule has 14 heavy (non-hydrogen) atoms. The first-order valence-electron chi connectivity index (χ1n) is 3.81. The first-order valence-corrected chi connectivity index (χ1v) is 4.49. The highest BCUT2D eigenvalue weighted by molar-refractivity contribution is 7.92. The van der Waals surface area contributed by atoms with E-state index in [-0.39, 0.29) is 23.5 Å². The largest absolute Gasteiger partial charge is 0.298 e. The van der Waals surface area contributed by atoms with Gasteiger partial charge in [-0.15, -0.1) is 3.89 Å². The minimum Gasteiger partial charge on any atom is -0.298 e. The average molecular weight is 213 g/mol. The summed E-state index contributed by atoms with van der Waals surface area (Å²) in [6.07, 6.45) is 0.573. The fourth-order valence-electron chi connectivity index (χ4n) is 0.996. The fraction of sp³-hybridized carbons (Fsp3) is 0.111.